The number of esters is 1. The lowest BCUT2D eigenvalue weighted by Gasteiger charge is -2.33. The number of rotatable bonds is 5. The zero-order chi connectivity index (χ0) is 22.2. The number of carbonyl (C=O) groups excluding carboxylic acids is 1. The lowest BCUT2D eigenvalue weighted by Crippen LogP contribution is -2.32. The molecule has 0 heterocycles. The van der Waals surface area contributed by atoms with Gasteiger partial charge in [-0.2, -0.15) is 0 Å². The average molecular weight is 417 g/mol. The van der Waals surface area contributed by atoms with E-state index < -0.39 is 5.60 Å². The number of hydrogen-bond donors (Lipinski definition) is 0. The van der Waals surface area contributed by atoms with E-state index in [0.29, 0.717) is 0 Å². The van der Waals surface area contributed by atoms with Crippen molar-refractivity contribution in [1.82, 2.24) is 0 Å². The SMILES string of the molecule is CCC(C)C1CCC(C(=O)OC(C)(C)c2ccc3c(c2)c(C)cc2ccccc23)CC1. The van der Waals surface area contributed by atoms with E-state index >= 15 is 0 Å². The van der Waals surface area contributed by atoms with E-state index in [1.165, 1.54) is 33.5 Å². The Labute approximate surface area is 187 Å². The summed E-state index contributed by atoms with van der Waals surface area (Å²) in [5.41, 5.74) is 1.66. The van der Waals surface area contributed by atoms with E-state index in [1.807, 2.05) is 13.8 Å². The number of hydrogen-bond acceptors (Lipinski definition) is 2. The van der Waals surface area contributed by atoms with Crippen LogP contribution in [0.2, 0.25) is 0 Å². The molecule has 0 aliphatic heterocycles. The first-order valence-electron chi connectivity index (χ1n) is 12.0. The number of carbonyl (C=O) groups is 1. The summed E-state index contributed by atoms with van der Waals surface area (Å²) in [6.45, 7) is 10.8. The van der Waals surface area contributed by atoms with E-state index in [0.717, 1.165) is 43.1 Å². The molecule has 2 heteroatoms. The van der Waals surface area contributed by atoms with Gasteiger partial charge in [-0.15, -0.1) is 0 Å². The van der Waals surface area contributed by atoms with Crippen LogP contribution in [0.3, 0.4) is 0 Å². The predicted molar refractivity (Wildman–Crippen MR) is 130 cm³/mol. The molecule has 3 aromatic carbocycles. The molecule has 3 aromatic rings. The predicted octanol–water partition coefficient (Wildman–Crippen LogP) is 7.93. The Hall–Kier alpha value is -2.35. The van der Waals surface area contributed by atoms with Crippen LogP contribution in [0.25, 0.3) is 21.5 Å². The highest BCUT2D eigenvalue weighted by Gasteiger charge is 2.33. The maximum Gasteiger partial charge on any atom is 0.309 e. The topological polar surface area (TPSA) is 26.3 Å². The Morgan fingerprint density at radius 1 is 1.00 bits per heavy atom. The first kappa shape index (κ1) is 21.9. The van der Waals surface area contributed by atoms with Crippen molar-refractivity contribution in [2.24, 2.45) is 17.8 Å². The number of aryl methyl sites for hydroxylation is 1. The van der Waals surface area contributed by atoms with Gasteiger partial charge in [-0.3, -0.25) is 4.79 Å². The molecule has 4 rings (SSSR count). The third kappa shape index (κ3) is 4.35. The van der Waals surface area contributed by atoms with Crippen LogP contribution in [0.15, 0.2) is 48.5 Å². The van der Waals surface area contributed by atoms with Gasteiger partial charge in [0.25, 0.3) is 0 Å². The summed E-state index contributed by atoms with van der Waals surface area (Å²) in [6.07, 6.45) is 5.46. The lowest BCUT2D eigenvalue weighted by molar-refractivity contribution is -0.164. The molecule has 0 spiro atoms. The van der Waals surface area contributed by atoms with E-state index in [4.69, 9.17) is 4.74 Å². The average Bonchev–Trinajstić information content (AvgIpc) is 2.78. The van der Waals surface area contributed by atoms with Crippen LogP contribution in [-0.4, -0.2) is 5.97 Å². The van der Waals surface area contributed by atoms with Gasteiger partial charge in [-0.1, -0.05) is 62.7 Å². The molecule has 0 saturated heterocycles. The third-order valence-electron chi connectivity index (χ3n) is 7.67. The molecule has 1 unspecified atom stereocenters. The number of benzene rings is 3. The van der Waals surface area contributed by atoms with Gasteiger partial charge in [-0.05, 0) is 97.0 Å². The van der Waals surface area contributed by atoms with Crippen molar-refractivity contribution >= 4 is 27.5 Å². The van der Waals surface area contributed by atoms with Crippen LogP contribution in [0, 0.1) is 24.7 Å². The molecule has 1 fully saturated rings. The van der Waals surface area contributed by atoms with E-state index in [2.05, 4.69) is 69.3 Å². The van der Waals surface area contributed by atoms with Crippen molar-refractivity contribution in [1.29, 1.82) is 0 Å². The summed E-state index contributed by atoms with van der Waals surface area (Å²) in [5.74, 6) is 1.54. The monoisotopic (exact) mass is 416 g/mol. The highest BCUT2D eigenvalue weighted by Crippen LogP contribution is 2.38. The molecule has 1 saturated carbocycles. The molecule has 0 N–H and O–H groups in total. The highest BCUT2D eigenvalue weighted by molar-refractivity contribution is 6.09. The second-order valence-electron chi connectivity index (χ2n) is 10.1. The van der Waals surface area contributed by atoms with Crippen molar-refractivity contribution in [2.75, 3.05) is 0 Å². The Kier molecular flexibility index (Phi) is 6.10. The maximum atomic E-state index is 13.0. The minimum Gasteiger partial charge on any atom is -0.455 e. The van der Waals surface area contributed by atoms with Crippen molar-refractivity contribution in [3.05, 3.63) is 59.7 Å². The molecular weight excluding hydrogens is 380 g/mol. The number of fused-ring (bicyclic) bond motifs is 3. The zero-order valence-corrected chi connectivity index (χ0v) is 19.7. The van der Waals surface area contributed by atoms with E-state index in [1.54, 1.807) is 0 Å². The molecular formula is C29H36O2. The molecule has 164 valence electrons. The molecule has 1 aliphatic rings. The minimum absolute atomic E-state index is 0.0251. The first-order chi connectivity index (χ1) is 14.8. The van der Waals surface area contributed by atoms with Crippen molar-refractivity contribution in [2.45, 2.75) is 72.3 Å². The van der Waals surface area contributed by atoms with Gasteiger partial charge in [-0.25, -0.2) is 0 Å². The summed E-state index contributed by atoms with van der Waals surface area (Å²) in [5, 5.41) is 5.01. The normalized spacial score (nSPS) is 20.7. The van der Waals surface area contributed by atoms with Gasteiger partial charge in [0.15, 0.2) is 0 Å². The van der Waals surface area contributed by atoms with Crippen LogP contribution in [0.5, 0.6) is 0 Å². The quantitative estimate of drug-likeness (QED) is 0.312. The second kappa shape index (κ2) is 8.65. The third-order valence-corrected chi connectivity index (χ3v) is 7.67. The summed E-state index contributed by atoms with van der Waals surface area (Å²) in [7, 11) is 0. The van der Waals surface area contributed by atoms with E-state index in [-0.39, 0.29) is 11.9 Å². The van der Waals surface area contributed by atoms with Crippen molar-refractivity contribution in [3.63, 3.8) is 0 Å². The van der Waals surface area contributed by atoms with Gasteiger partial charge in [0, 0.05) is 0 Å². The van der Waals surface area contributed by atoms with Crippen LogP contribution >= 0.6 is 0 Å². The molecule has 2 nitrogen and oxygen atoms in total. The van der Waals surface area contributed by atoms with Crippen molar-refractivity contribution in [3.8, 4) is 0 Å². The van der Waals surface area contributed by atoms with E-state index in [9.17, 15) is 4.79 Å². The smallest absolute Gasteiger partial charge is 0.309 e. The summed E-state index contributed by atoms with van der Waals surface area (Å²) in [4.78, 5) is 13.0. The lowest BCUT2D eigenvalue weighted by atomic mass is 9.75. The Morgan fingerprint density at radius 2 is 1.71 bits per heavy atom. The van der Waals surface area contributed by atoms with Gasteiger partial charge in [0.05, 0.1) is 5.92 Å². The van der Waals surface area contributed by atoms with Crippen LogP contribution in [0.1, 0.15) is 70.9 Å². The summed E-state index contributed by atoms with van der Waals surface area (Å²) < 4.78 is 6.12. The minimum atomic E-state index is -0.642. The van der Waals surface area contributed by atoms with Crippen molar-refractivity contribution < 1.29 is 9.53 Å². The fraction of sp³-hybridized carbons (Fsp3) is 0.483. The molecule has 0 amide bonds. The number of ether oxygens (including phenoxy) is 1. The Balaban J connectivity index is 1.54. The fourth-order valence-electron chi connectivity index (χ4n) is 5.31. The van der Waals surface area contributed by atoms with Crippen LogP contribution in [-0.2, 0) is 15.1 Å². The van der Waals surface area contributed by atoms with Crippen LogP contribution < -0.4 is 0 Å². The molecule has 0 aromatic heterocycles. The fourth-order valence-corrected chi connectivity index (χ4v) is 5.31. The first-order valence-corrected chi connectivity index (χ1v) is 12.0. The molecule has 1 atom stereocenters. The summed E-state index contributed by atoms with van der Waals surface area (Å²) in [6, 6.07) is 17.3. The molecule has 0 bridgehead atoms. The van der Waals surface area contributed by atoms with Gasteiger partial charge < -0.3 is 4.74 Å². The highest BCUT2D eigenvalue weighted by atomic mass is 16.6. The zero-order valence-electron chi connectivity index (χ0n) is 19.7. The molecule has 0 radical (unpaired) electrons. The molecule has 31 heavy (non-hydrogen) atoms. The second-order valence-corrected chi connectivity index (χ2v) is 10.1. The maximum absolute atomic E-state index is 13.0. The largest absolute Gasteiger partial charge is 0.455 e. The van der Waals surface area contributed by atoms with Crippen LogP contribution in [0.4, 0.5) is 0 Å². The molecule has 1 aliphatic carbocycles. The van der Waals surface area contributed by atoms with Gasteiger partial charge >= 0.3 is 5.97 Å². The Morgan fingerprint density at radius 3 is 2.42 bits per heavy atom. The van der Waals surface area contributed by atoms with Gasteiger partial charge in [0.2, 0.25) is 0 Å². The Bertz CT molecular complexity index is 1090. The standard InChI is InChI=1S/C29H36O2/c1-6-19(2)21-11-13-22(14-12-21)28(30)31-29(4,5)24-15-16-26-25-10-8-7-9-23(25)17-20(3)27(26)18-24/h7-10,15-19,21-22H,6,11-14H2,1-5H3. The van der Waals surface area contributed by atoms with Gasteiger partial charge in [0.1, 0.15) is 5.60 Å². The summed E-state index contributed by atoms with van der Waals surface area (Å²) >= 11 is 0.